The minimum Gasteiger partial charge on any atom is -0.481 e. The predicted octanol–water partition coefficient (Wildman–Crippen LogP) is 3.30. The van der Waals surface area contributed by atoms with Crippen LogP contribution in [0, 0.1) is 0 Å². The van der Waals surface area contributed by atoms with E-state index < -0.39 is 12.1 Å². The van der Waals surface area contributed by atoms with E-state index in [-0.39, 0.29) is 50.7 Å². The Morgan fingerprint density at radius 1 is 1.03 bits per heavy atom. The highest BCUT2D eigenvalue weighted by atomic mass is 16.5. The normalized spacial score (nSPS) is 13.0. The van der Waals surface area contributed by atoms with Crippen LogP contribution in [0.5, 0.6) is 0 Å². The molecule has 0 spiro atoms. The van der Waals surface area contributed by atoms with Gasteiger partial charge in [0.05, 0.1) is 6.61 Å². The number of amides is 2. The molecule has 0 saturated heterocycles. The van der Waals surface area contributed by atoms with Crippen molar-refractivity contribution in [3.8, 4) is 11.1 Å². The highest BCUT2D eigenvalue weighted by Gasteiger charge is 2.28. The van der Waals surface area contributed by atoms with Crippen LogP contribution in [0.15, 0.2) is 48.5 Å². The van der Waals surface area contributed by atoms with Crippen LogP contribution in [0.4, 0.5) is 4.79 Å². The number of benzene rings is 2. The summed E-state index contributed by atoms with van der Waals surface area (Å²) in [6.07, 6.45) is 0.637. The standard InChI is InChI=1S/C25H30N2O6/c1-17(7-6-12-24(29)30)27-23(28)16-32-14-13-26-25(31)33-15-22-20-10-4-2-8-18(20)19-9-3-5-11-21(19)22/h2-5,8-11,17,22H,6-7,12-16H2,1H3,(H,26,31)(H,27,28)(H,29,30). The Bertz CT molecular complexity index is 931. The van der Waals surface area contributed by atoms with Crippen LogP contribution in [0.3, 0.4) is 0 Å². The molecule has 8 heteroatoms. The number of carboxylic acids is 1. The monoisotopic (exact) mass is 454 g/mol. The molecular formula is C25H30N2O6. The lowest BCUT2D eigenvalue weighted by molar-refractivity contribution is -0.137. The maximum Gasteiger partial charge on any atom is 0.407 e. The molecule has 0 bridgehead atoms. The molecule has 1 aliphatic carbocycles. The number of carbonyl (C=O) groups is 3. The molecule has 2 amide bonds. The third-order valence-corrected chi connectivity index (χ3v) is 5.53. The molecule has 3 N–H and O–H groups in total. The minimum atomic E-state index is -0.847. The Balaban J connectivity index is 1.32. The number of ether oxygens (including phenoxy) is 2. The van der Waals surface area contributed by atoms with E-state index in [1.165, 1.54) is 11.1 Å². The van der Waals surface area contributed by atoms with Crippen LogP contribution in [0.2, 0.25) is 0 Å². The first kappa shape index (κ1) is 24.3. The number of fused-ring (bicyclic) bond motifs is 3. The van der Waals surface area contributed by atoms with E-state index in [0.29, 0.717) is 12.8 Å². The Morgan fingerprint density at radius 2 is 1.67 bits per heavy atom. The Hall–Kier alpha value is -3.39. The summed E-state index contributed by atoms with van der Waals surface area (Å²) in [5.41, 5.74) is 4.64. The summed E-state index contributed by atoms with van der Waals surface area (Å²) in [6, 6.07) is 16.2. The Morgan fingerprint density at radius 3 is 2.30 bits per heavy atom. The lowest BCUT2D eigenvalue weighted by atomic mass is 9.98. The van der Waals surface area contributed by atoms with Gasteiger partial charge in [-0.1, -0.05) is 48.5 Å². The second-order valence-corrected chi connectivity index (χ2v) is 8.06. The fraction of sp³-hybridized carbons (Fsp3) is 0.400. The fourth-order valence-corrected chi connectivity index (χ4v) is 3.99. The van der Waals surface area contributed by atoms with E-state index in [2.05, 4.69) is 34.9 Å². The number of hydrogen-bond acceptors (Lipinski definition) is 5. The van der Waals surface area contributed by atoms with Gasteiger partial charge in [-0.05, 0) is 42.0 Å². The highest BCUT2D eigenvalue weighted by molar-refractivity contribution is 5.79. The van der Waals surface area contributed by atoms with Gasteiger partial charge in [-0.3, -0.25) is 9.59 Å². The van der Waals surface area contributed by atoms with E-state index in [9.17, 15) is 14.4 Å². The lowest BCUT2D eigenvalue weighted by Gasteiger charge is -2.15. The average Bonchev–Trinajstić information content (AvgIpc) is 3.11. The summed E-state index contributed by atoms with van der Waals surface area (Å²) < 4.78 is 10.7. The molecule has 2 aromatic carbocycles. The van der Waals surface area contributed by atoms with Gasteiger partial charge in [-0.15, -0.1) is 0 Å². The van der Waals surface area contributed by atoms with Gasteiger partial charge < -0.3 is 25.2 Å². The molecule has 176 valence electrons. The summed E-state index contributed by atoms with van der Waals surface area (Å²) in [5, 5.41) is 14.0. The van der Waals surface area contributed by atoms with Gasteiger partial charge in [-0.2, -0.15) is 0 Å². The quantitative estimate of drug-likeness (QED) is 0.424. The number of carboxylic acid groups (broad SMARTS) is 1. The van der Waals surface area contributed by atoms with Gasteiger partial charge in [0.25, 0.3) is 0 Å². The van der Waals surface area contributed by atoms with Crippen LogP contribution in [-0.4, -0.2) is 55.5 Å². The van der Waals surface area contributed by atoms with Crippen LogP contribution in [0.1, 0.15) is 43.2 Å². The Labute approximate surface area is 193 Å². The third kappa shape index (κ3) is 7.05. The Kier molecular flexibility index (Phi) is 8.83. The molecule has 0 aliphatic heterocycles. The topological polar surface area (TPSA) is 114 Å². The average molecular weight is 455 g/mol. The van der Waals surface area contributed by atoms with Gasteiger partial charge in [0.15, 0.2) is 0 Å². The van der Waals surface area contributed by atoms with Crippen molar-refractivity contribution in [1.29, 1.82) is 0 Å². The van der Waals surface area contributed by atoms with Gasteiger partial charge in [-0.25, -0.2) is 4.79 Å². The zero-order valence-corrected chi connectivity index (χ0v) is 18.7. The minimum absolute atomic E-state index is 0.000541. The van der Waals surface area contributed by atoms with Crippen LogP contribution in [0.25, 0.3) is 11.1 Å². The first-order valence-electron chi connectivity index (χ1n) is 11.1. The largest absolute Gasteiger partial charge is 0.481 e. The predicted molar refractivity (Wildman–Crippen MR) is 123 cm³/mol. The number of aliphatic carboxylic acids is 1. The number of rotatable bonds is 12. The summed E-state index contributed by atoms with van der Waals surface area (Å²) in [5.74, 6) is -1.12. The van der Waals surface area contributed by atoms with Crippen molar-refractivity contribution in [2.24, 2.45) is 0 Å². The van der Waals surface area contributed by atoms with E-state index in [0.717, 1.165) is 11.1 Å². The summed E-state index contributed by atoms with van der Waals surface area (Å²) in [4.78, 5) is 34.5. The zero-order valence-electron chi connectivity index (χ0n) is 18.7. The second kappa shape index (κ2) is 12.0. The van der Waals surface area contributed by atoms with Crippen molar-refractivity contribution < 1.29 is 29.0 Å². The van der Waals surface area contributed by atoms with Gasteiger partial charge in [0.2, 0.25) is 5.91 Å². The molecule has 1 aliphatic rings. The third-order valence-electron chi connectivity index (χ3n) is 5.53. The number of alkyl carbamates (subject to hydrolysis) is 1. The van der Waals surface area contributed by atoms with Crippen molar-refractivity contribution in [3.05, 3.63) is 59.7 Å². The van der Waals surface area contributed by atoms with E-state index in [4.69, 9.17) is 14.6 Å². The molecular weight excluding hydrogens is 424 g/mol. The van der Waals surface area contributed by atoms with Crippen LogP contribution >= 0.6 is 0 Å². The van der Waals surface area contributed by atoms with Crippen molar-refractivity contribution in [3.63, 3.8) is 0 Å². The molecule has 1 unspecified atom stereocenters. The van der Waals surface area contributed by atoms with Crippen LogP contribution < -0.4 is 10.6 Å². The summed E-state index contributed by atoms with van der Waals surface area (Å²) in [7, 11) is 0. The van der Waals surface area contributed by atoms with Gasteiger partial charge in [0.1, 0.15) is 13.2 Å². The van der Waals surface area contributed by atoms with E-state index in [1.54, 1.807) is 0 Å². The van der Waals surface area contributed by atoms with E-state index in [1.807, 2.05) is 31.2 Å². The molecule has 0 radical (unpaired) electrons. The van der Waals surface area contributed by atoms with Crippen molar-refractivity contribution in [2.75, 3.05) is 26.4 Å². The number of carbonyl (C=O) groups excluding carboxylic acids is 2. The fourth-order valence-electron chi connectivity index (χ4n) is 3.99. The number of hydrogen-bond donors (Lipinski definition) is 3. The van der Waals surface area contributed by atoms with E-state index >= 15 is 0 Å². The van der Waals surface area contributed by atoms with Crippen molar-refractivity contribution in [1.82, 2.24) is 10.6 Å². The highest BCUT2D eigenvalue weighted by Crippen LogP contribution is 2.44. The van der Waals surface area contributed by atoms with Gasteiger partial charge in [0, 0.05) is 24.9 Å². The van der Waals surface area contributed by atoms with Crippen LogP contribution in [-0.2, 0) is 19.1 Å². The second-order valence-electron chi connectivity index (χ2n) is 8.06. The maximum absolute atomic E-state index is 12.1. The molecule has 1 atom stereocenters. The van der Waals surface area contributed by atoms with Crippen molar-refractivity contribution >= 4 is 18.0 Å². The molecule has 0 saturated carbocycles. The maximum atomic E-state index is 12.1. The summed E-state index contributed by atoms with van der Waals surface area (Å²) in [6.45, 7) is 2.32. The first-order valence-corrected chi connectivity index (χ1v) is 11.1. The lowest BCUT2D eigenvalue weighted by Crippen LogP contribution is -2.36. The smallest absolute Gasteiger partial charge is 0.407 e. The first-order chi connectivity index (χ1) is 16.0. The molecule has 0 aromatic heterocycles. The molecule has 0 fully saturated rings. The molecule has 3 rings (SSSR count). The molecule has 33 heavy (non-hydrogen) atoms. The van der Waals surface area contributed by atoms with Gasteiger partial charge >= 0.3 is 12.1 Å². The van der Waals surface area contributed by atoms with Crippen molar-refractivity contribution in [2.45, 2.75) is 38.1 Å². The molecule has 2 aromatic rings. The zero-order chi connectivity index (χ0) is 23.6. The molecule has 8 nitrogen and oxygen atoms in total. The number of nitrogens with one attached hydrogen (secondary N) is 2. The summed E-state index contributed by atoms with van der Waals surface area (Å²) >= 11 is 0. The SMILES string of the molecule is CC(CCCC(=O)O)NC(=O)COCCNC(=O)OCC1c2ccccc2-c2ccccc21. The molecule has 0 heterocycles.